The van der Waals surface area contributed by atoms with E-state index in [2.05, 4.69) is 55.7 Å². The van der Waals surface area contributed by atoms with Gasteiger partial charge in [-0.25, -0.2) is 4.98 Å². The number of hydrogen-bond donors (Lipinski definition) is 1. The molecule has 1 aromatic rings. The molecule has 0 aliphatic carbocycles. The van der Waals surface area contributed by atoms with Crippen molar-refractivity contribution in [2.24, 2.45) is 5.41 Å². The van der Waals surface area contributed by atoms with Crippen LogP contribution in [0.5, 0.6) is 0 Å². The Morgan fingerprint density at radius 3 is 2.62 bits per heavy atom. The van der Waals surface area contributed by atoms with Crippen LogP contribution in [0.25, 0.3) is 0 Å². The summed E-state index contributed by atoms with van der Waals surface area (Å²) in [5, 5.41) is 3.40. The summed E-state index contributed by atoms with van der Waals surface area (Å²) in [6.45, 7) is 13.0. The predicted molar refractivity (Wildman–Crippen MR) is 68.3 cm³/mol. The molecule has 0 saturated carbocycles. The minimum Gasteiger partial charge on any atom is -0.334 e. The fourth-order valence-corrected chi connectivity index (χ4v) is 1.46. The highest BCUT2D eigenvalue weighted by Crippen LogP contribution is 2.19. The number of nitrogens with zero attached hydrogens (tertiary/aromatic N) is 2. The molecule has 0 radical (unpaired) electrons. The molecule has 1 N–H and O–H groups in total. The SMILES string of the molecule is CC(C)NCc1nccn1CCC(C)(C)C. The van der Waals surface area contributed by atoms with Gasteiger partial charge >= 0.3 is 0 Å². The first-order valence-corrected chi connectivity index (χ1v) is 6.12. The summed E-state index contributed by atoms with van der Waals surface area (Å²) in [7, 11) is 0. The molecule has 0 aromatic carbocycles. The van der Waals surface area contributed by atoms with E-state index in [0.29, 0.717) is 11.5 Å². The summed E-state index contributed by atoms with van der Waals surface area (Å²) in [4.78, 5) is 4.39. The number of aromatic nitrogens is 2. The molecule has 0 amide bonds. The summed E-state index contributed by atoms with van der Waals surface area (Å²) in [5.74, 6) is 1.14. The Morgan fingerprint density at radius 1 is 1.38 bits per heavy atom. The van der Waals surface area contributed by atoms with E-state index in [0.717, 1.165) is 18.9 Å². The number of rotatable bonds is 5. The molecule has 0 aliphatic heterocycles. The third-order valence-electron chi connectivity index (χ3n) is 2.57. The van der Waals surface area contributed by atoms with Crippen molar-refractivity contribution in [3.8, 4) is 0 Å². The van der Waals surface area contributed by atoms with Gasteiger partial charge in [-0.05, 0) is 11.8 Å². The van der Waals surface area contributed by atoms with Gasteiger partial charge in [-0.3, -0.25) is 0 Å². The number of hydrogen-bond acceptors (Lipinski definition) is 2. The van der Waals surface area contributed by atoms with Crippen molar-refractivity contribution in [2.45, 2.75) is 60.2 Å². The first-order chi connectivity index (χ1) is 7.38. The molecule has 0 fully saturated rings. The molecule has 3 nitrogen and oxygen atoms in total. The van der Waals surface area contributed by atoms with Crippen molar-refractivity contribution in [2.75, 3.05) is 0 Å². The maximum absolute atomic E-state index is 4.39. The summed E-state index contributed by atoms with van der Waals surface area (Å²) in [6.07, 6.45) is 5.14. The van der Waals surface area contributed by atoms with Crippen LogP contribution in [0.3, 0.4) is 0 Å². The maximum Gasteiger partial charge on any atom is 0.122 e. The van der Waals surface area contributed by atoms with Crippen LogP contribution in [-0.2, 0) is 13.1 Å². The van der Waals surface area contributed by atoms with Gasteiger partial charge in [-0.1, -0.05) is 34.6 Å². The van der Waals surface area contributed by atoms with Crippen LogP contribution in [-0.4, -0.2) is 15.6 Å². The van der Waals surface area contributed by atoms with Crippen molar-refractivity contribution in [1.82, 2.24) is 14.9 Å². The van der Waals surface area contributed by atoms with Crippen molar-refractivity contribution < 1.29 is 0 Å². The smallest absolute Gasteiger partial charge is 0.122 e. The Bertz CT molecular complexity index is 307. The lowest BCUT2D eigenvalue weighted by Gasteiger charge is -2.19. The van der Waals surface area contributed by atoms with Crippen molar-refractivity contribution in [3.05, 3.63) is 18.2 Å². The molecule has 3 heteroatoms. The predicted octanol–water partition coefficient (Wildman–Crippen LogP) is 2.82. The van der Waals surface area contributed by atoms with Gasteiger partial charge in [0, 0.05) is 25.0 Å². The van der Waals surface area contributed by atoms with Gasteiger partial charge in [0.1, 0.15) is 5.82 Å². The minimum atomic E-state index is 0.382. The Hall–Kier alpha value is -0.830. The quantitative estimate of drug-likeness (QED) is 0.832. The second-order valence-corrected chi connectivity index (χ2v) is 5.88. The number of nitrogens with one attached hydrogen (secondary N) is 1. The maximum atomic E-state index is 4.39. The van der Waals surface area contributed by atoms with E-state index < -0.39 is 0 Å². The zero-order valence-electron chi connectivity index (χ0n) is 11.2. The van der Waals surface area contributed by atoms with Crippen LogP contribution < -0.4 is 5.32 Å². The highest BCUT2D eigenvalue weighted by Gasteiger charge is 2.11. The Kier molecular flexibility index (Phi) is 4.54. The first kappa shape index (κ1) is 13.2. The third-order valence-corrected chi connectivity index (χ3v) is 2.57. The molecule has 0 spiro atoms. The highest BCUT2D eigenvalue weighted by molar-refractivity contribution is 4.92. The van der Waals surface area contributed by atoms with Gasteiger partial charge in [-0.2, -0.15) is 0 Å². The topological polar surface area (TPSA) is 29.9 Å². The van der Waals surface area contributed by atoms with Crippen LogP contribution in [0.2, 0.25) is 0 Å². The van der Waals surface area contributed by atoms with Crippen LogP contribution in [0.4, 0.5) is 0 Å². The zero-order valence-corrected chi connectivity index (χ0v) is 11.2. The lowest BCUT2D eigenvalue weighted by Crippen LogP contribution is -2.24. The average Bonchev–Trinajstić information content (AvgIpc) is 2.57. The van der Waals surface area contributed by atoms with E-state index in [-0.39, 0.29) is 0 Å². The fourth-order valence-electron chi connectivity index (χ4n) is 1.46. The molecule has 1 rings (SSSR count). The molecule has 1 aromatic heterocycles. The molecule has 92 valence electrons. The summed E-state index contributed by atoms with van der Waals surface area (Å²) < 4.78 is 2.25. The van der Waals surface area contributed by atoms with Gasteiger partial charge in [-0.15, -0.1) is 0 Å². The van der Waals surface area contributed by atoms with Crippen molar-refractivity contribution in [3.63, 3.8) is 0 Å². The van der Waals surface area contributed by atoms with E-state index in [1.807, 2.05) is 6.20 Å². The van der Waals surface area contributed by atoms with Gasteiger partial charge in [0.15, 0.2) is 0 Å². The molecule has 0 saturated heterocycles. The van der Waals surface area contributed by atoms with E-state index in [4.69, 9.17) is 0 Å². The molecular weight excluding hydrogens is 198 g/mol. The second-order valence-electron chi connectivity index (χ2n) is 5.88. The summed E-state index contributed by atoms with van der Waals surface area (Å²) in [5.41, 5.74) is 0.382. The molecule has 0 unspecified atom stereocenters. The van der Waals surface area contributed by atoms with Gasteiger partial charge < -0.3 is 9.88 Å². The normalized spacial score (nSPS) is 12.4. The molecule has 16 heavy (non-hydrogen) atoms. The molecule has 1 heterocycles. The second kappa shape index (κ2) is 5.48. The Labute approximate surface area is 99.3 Å². The summed E-state index contributed by atoms with van der Waals surface area (Å²) >= 11 is 0. The van der Waals surface area contributed by atoms with E-state index in [1.54, 1.807) is 0 Å². The van der Waals surface area contributed by atoms with Crippen LogP contribution in [0, 0.1) is 5.41 Å². The van der Waals surface area contributed by atoms with E-state index in [1.165, 1.54) is 6.42 Å². The molecule has 0 aliphatic rings. The Morgan fingerprint density at radius 2 is 2.06 bits per heavy atom. The number of aryl methyl sites for hydroxylation is 1. The summed E-state index contributed by atoms with van der Waals surface area (Å²) in [6, 6.07) is 0.507. The van der Waals surface area contributed by atoms with Crippen molar-refractivity contribution >= 4 is 0 Å². The Balaban J connectivity index is 2.50. The molecule has 0 atom stereocenters. The fraction of sp³-hybridized carbons (Fsp3) is 0.769. The van der Waals surface area contributed by atoms with Gasteiger partial charge in [0.05, 0.1) is 6.54 Å². The standard InChI is InChI=1S/C13H25N3/c1-11(2)15-10-12-14-7-9-16(12)8-6-13(3,4)5/h7,9,11,15H,6,8,10H2,1-5H3. The van der Waals surface area contributed by atoms with Crippen LogP contribution in [0.1, 0.15) is 46.9 Å². The third kappa shape index (κ3) is 4.79. The first-order valence-electron chi connectivity index (χ1n) is 6.12. The lowest BCUT2D eigenvalue weighted by molar-refractivity contribution is 0.346. The lowest BCUT2D eigenvalue weighted by atomic mass is 9.92. The van der Waals surface area contributed by atoms with Crippen LogP contribution in [0.15, 0.2) is 12.4 Å². The zero-order chi connectivity index (χ0) is 12.2. The monoisotopic (exact) mass is 223 g/mol. The van der Waals surface area contributed by atoms with E-state index >= 15 is 0 Å². The highest BCUT2D eigenvalue weighted by atomic mass is 15.1. The van der Waals surface area contributed by atoms with Crippen LogP contribution >= 0.6 is 0 Å². The van der Waals surface area contributed by atoms with Gasteiger partial charge in [0.2, 0.25) is 0 Å². The van der Waals surface area contributed by atoms with E-state index in [9.17, 15) is 0 Å². The molecule has 0 bridgehead atoms. The largest absolute Gasteiger partial charge is 0.334 e. The van der Waals surface area contributed by atoms with Crippen molar-refractivity contribution in [1.29, 1.82) is 0 Å². The average molecular weight is 223 g/mol. The van der Waals surface area contributed by atoms with Gasteiger partial charge in [0.25, 0.3) is 0 Å². The number of imidazole rings is 1. The molecular formula is C13H25N3. The minimum absolute atomic E-state index is 0.382.